The van der Waals surface area contributed by atoms with E-state index in [4.69, 9.17) is 5.73 Å². The molecule has 32 heavy (non-hydrogen) atoms. The molecule has 0 bridgehead atoms. The van der Waals surface area contributed by atoms with Crippen LogP contribution in [0.15, 0.2) is 54.6 Å². The standard InChI is InChI=1S/C24H28F2N4O2/c25-18-8-9-20(26)19(13-18)17-12-21(15-4-2-1-3-5-15)30(14-17)23(31)22(16-6-7-16)29-24(32)28-11-10-27/h1-5,8-9,12-13,16,21-23,31H,6-7,10-11,14,27H2,(H2,28,29,32)/t21-,22-,23?/m0/s1. The SMILES string of the molecule is NCCNC(=O)N[C@@H](C1CC1)C(O)N1CC(c2cc(F)ccc2F)=C[C@H]1c1ccccc1. The summed E-state index contributed by atoms with van der Waals surface area (Å²) < 4.78 is 28.3. The minimum absolute atomic E-state index is 0.153. The first-order chi connectivity index (χ1) is 15.5. The highest BCUT2D eigenvalue weighted by atomic mass is 19.1. The first-order valence-electron chi connectivity index (χ1n) is 10.9. The second-order valence-corrected chi connectivity index (χ2v) is 8.31. The Labute approximate surface area is 186 Å². The maximum absolute atomic E-state index is 14.5. The summed E-state index contributed by atoms with van der Waals surface area (Å²) in [7, 11) is 0. The van der Waals surface area contributed by atoms with Gasteiger partial charge in [-0.1, -0.05) is 36.4 Å². The Morgan fingerprint density at radius 3 is 2.62 bits per heavy atom. The topological polar surface area (TPSA) is 90.6 Å². The lowest BCUT2D eigenvalue weighted by atomic mass is 10.0. The number of carbonyl (C=O) groups is 1. The zero-order valence-corrected chi connectivity index (χ0v) is 17.7. The first-order valence-corrected chi connectivity index (χ1v) is 10.9. The van der Waals surface area contributed by atoms with Gasteiger partial charge in [0.25, 0.3) is 0 Å². The van der Waals surface area contributed by atoms with Crippen LogP contribution in [0, 0.1) is 17.6 Å². The molecular weight excluding hydrogens is 414 g/mol. The average Bonchev–Trinajstić information content (AvgIpc) is 3.55. The number of hydrogen-bond acceptors (Lipinski definition) is 4. The van der Waals surface area contributed by atoms with Crippen LogP contribution in [0.1, 0.15) is 30.0 Å². The number of rotatable bonds is 8. The Kier molecular flexibility index (Phi) is 6.83. The molecule has 0 saturated heterocycles. The molecule has 3 atom stereocenters. The van der Waals surface area contributed by atoms with Crippen LogP contribution < -0.4 is 16.4 Å². The van der Waals surface area contributed by atoms with Crippen molar-refractivity contribution in [2.24, 2.45) is 11.7 Å². The fourth-order valence-corrected chi connectivity index (χ4v) is 4.23. The van der Waals surface area contributed by atoms with Crippen molar-refractivity contribution < 1.29 is 18.7 Å². The van der Waals surface area contributed by atoms with Gasteiger partial charge in [0.15, 0.2) is 0 Å². The van der Waals surface area contributed by atoms with Crippen molar-refractivity contribution in [3.63, 3.8) is 0 Å². The smallest absolute Gasteiger partial charge is 0.315 e. The number of urea groups is 1. The molecule has 2 aliphatic rings. The summed E-state index contributed by atoms with van der Waals surface area (Å²) in [5.41, 5.74) is 7.14. The number of carbonyl (C=O) groups excluding carboxylic acids is 1. The lowest BCUT2D eigenvalue weighted by Gasteiger charge is -2.35. The van der Waals surface area contributed by atoms with E-state index in [0.29, 0.717) is 18.7 Å². The first kappa shape index (κ1) is 22.4. The van der Waals surface area contributed by atoms with Crippen LogP contribution in [0.5, 0.6) is 0 Å². The average molecular weight is 443 g/mol. The molecule has 1 unspecified atom stereocenters. The molecule has 0 spiro atoms. The van der Waals surface area contributed by atoms with Crippen molar-refractivity contribution in [3.05, 3.63) is 77.4 Å². The third-order valence-electron chi connectivity index (χ3n) is 6.00. The maximum atomic E-state index is 14.5. The molecular formula is C24H28F2N4O2. The number of halogens is 2. The molecule has 4 rings (SSSR count). The van der Waals surface area contributed by atoms with Gasteiger partial charge in [0.2, 0.25) is 0 Å². The van der Waals surface area contributed by atoms with E-state index < -0.39 is 23.9 Å². The number of aliphatic hydroxyl groups is 1. The van der Waals surface area contributed by atoms with E-state index in [1.165, 1.54) is 6.07 Å². The van der Waals surface area contributed by atoms with E-state index in [0.717, 1.165) is 30.5 Å². The maximum Gasteiger partial charge on any atom is 0.315 e. The highest BCUT2D eigenvalue weighted by Crippen LogP contribution is 2.41. The van der Waals surface area contributed by atoms with Gasteiger partial charge in [-0.15, -0.1) is 0 Å². The molecule has 1 heterocycles. The van der Waals surface area contributed by atoms with Crippen molar-refractivity contribution in [3.8, 4) is 0 Å². The summed E-state index contributed by atoms with van der Waals surface area (Å²) >= 11 is 0. The van der Waals surface area contributed by atoms with Crippen molar-refractivity contribution >= 4 is 11.6 Å². The molecule has 1 aliphatic heterocycles. The van der Waals surface area contributed by atoms with Gasteiger partial charge < -0.3 is 21.5 Å². The van der Waals surface area contributed by atoms with Crippen LogP contribution in [0.25, 0.3) is 5.57 Å². The Morgan fingerprint density at radius 2 is 1.94 bits per heavy atom. The number of aliphatic hydroxyl groups excluding tert-OH is 1. The number of nitrogens with two attached hydrogens (primary N) is 1. The fourth-order valence-electron chi connectivity index (χ4n) is 4.23. The van der Waals surface area contributed by atoms with Crippen LogP contribution in [-0.4, -0.2) is 47.9 Å². The van der Waals surface area contributed by atoms with Gasteiger partial charge in [-0.25, -0.2) is 13.6 Å². The van der Waals surface area contributed by atoms with Gasteiger partial charge in [0.05, 0.1) is 12.1 Å². The zero-order valence-electron chi connectivity index (χ0n) is 17.7. The largest absolute Gasteiger partial charge is 0.376 e. The lowest BCUT2D eigenvalue weighted by molar-refractivity contribution is -0.0298. The van der Waals surface area contributed by atoms with E-state index in [2.05, 4.69) is 10.6 Å². The molecule has 5 N–H and O–H groups in total. The Hall–Kier alpha value is -2.81. The van der Waals surface area contributed by atoms with Crippen molar-refractivity contribution in [1.29, 1.82) is 0 Å². The molecule has 0 radical (unpaired) electrons. The molecule has 0 aromatic heterocycles. The highest BCUT2D eigenvalue weighted by Gasteiger charge is 2.43. The van der Waals surface area contributed by atoms with Crippen LogP contribution in [0.2, 0.25) is 0 Å². The lowest BCUT2D eigenvalue weighted by Crippen LogP contribution is -2.55. The normalized spacial score (nSPS) is 20.5. The number of nitrogens with one attached hydrogen (secondary N) is 2. The zero-order chi connectivity index (χ0) is 22.7. The van der Waals surface area contributed by atoms with Crippen molar-refractivity contribution in [2.45, 2.75) is 31.2 Å². The van der Waals surface area contributed by atoms with Crippen LogP contribution >= 0.6 is 0 Å². The Balaban J connectivity index is 1.62. The predicted octanol–water partition coefficient (Wildman–Crippen LogP) is 2.76. The van der Waals surface area contributed by atoms with Gasteiger partial charge in [-0.3, -0.25) is 4.90 Å². The molecule has 1 fully saturated rings. The summed E-state index contributed by atoms with van der Waals surface area (Å²) in [6.45, 7) is 0.870. The molecule has 2 aromatic carbocycles. The van der Waals surface area contributed by atoms with E-state index in [9.17, 15) is 18.7 Å². The Bertz CT molecular complexity index is 981. The molecule has 6 nitrogen and oxygen atoms in total. The highest BCUT2D eigenvalue weighted by molar-refractivity contribution is 5.74. The van der Waals surface area contributed by atoms with E-state index >= 15 is 0 Å². The molecule has 1 saturated carbocycles. The summed E-state index contributed by atoms with van der Waals surface area (Å²) in [5.74, 6) is -0.884. The van der Waals surface area contributed by atoms with Crippen molar-refractivity contribution in [1.82, 2.24) is 15.5 Å². The fraction of sp³-hybridized carbons (Fsp3) is 0.375. The Morgan fingerprint density at radius 1 is 1.19 bits per heavy atom. The minimum Gasteiger partial charge on any atom is -0.376 e. The predicted molar refractivity (Wildman–Crippen MR) is 118 cm³/mol. The second kappa shape index (κ2) is 9.77. The monoisotopic (exact) mass is 442 g/mol. The number of nitrogens with zero attached hydrogens (tertiary/aromatic N) is 1. The molecule has 170 valence electrons. The van der Waals surface area contributed by atoms with Gasteiger partial charge in [-0.05, 0) is 48.1 Å². The number of amides is 2. The quantitative estimate of drug-likeness (QED) is 0.506. The second-order valence-electron chi connectivity index (χ2n) is 8.31. The summed E-state index contributed by atoms with van der Waals surface area (Å²) in [6, 6.07) is 11.7. The molecule has 8 heteroatoms. The molecule has 1 aliphatic carbocycles. The van der Waals surface area contributed by atoms with Gasteiger partial charge in [0, 0.05) is 25.2 Å². The van der Waals surface area contributed by atoms with Crippen LogP contribution in [0.4, 0.5) is 13.6 Å². The summed E-state index contributed by atoms with van der Waals surface area (Å²) in [6.07, 6.45) is 2.65. The van der Waals surface area contributed by atoms with Gasteiger partial charge >= 0.3 is 6.03 Å². The summed E-state index contributed by atoms with van der Waals surface area (Å²) in [4.78, 5) is 14.1. The molecule has 2 amide bonds. The third-order valence-corrected chi connectivity index (χ3v) is 6.00. The minimum atomic E-state index is -1.01. The third kappa shape index (κ3) is 4.98. The summed E-state index contributed by atoms with van der Waals surface area (Å²) in [5, 5.41) is 16.9. The molecule has 2 aromatic rings. The number of benzene rings is 2. The van der Waals surface area contributed by atoms with Crippen LogP contribution in [0.3, 0.4) is 0 Å². The van der Waals surface area contributed by atoms with Gasteiger partial charge in [0.1, 0.15) is 17.9 Å². The van der Waals surface area contributed by atoms with E-state index in [1.54, 1.807) is 0 Å². The van der Waals surface area contributed by atoms with Crippen molar-refractivity contribution in [2.75, 3.05) is 19.6 Å². The van der Waals surface area contributed by atoms with E-state index in [1.807, 2.05) is 41.3 Å². The number of hydrogen-bond donors (Lipinski definition) is 4. The van der Waals surface area contributed by atoms with Crippen LogP contribution in [-0.2, 0) is 0 Å². The van der Waals surface area contributed by atoms with Gasteiger partial charge in [-0.2, -0.15) is 0 Å². The van der Waals surface area contributed by atoms with E-state index in [-0.39, 0.29) is 30.1 Å².